The number of imidazole rings is 1. The fourth-order valence-electron chi connectivity index (χ4n) is 3.98. The fourth-order valence-corrected chi connectivity index (χ4v) is 5.48. The summed E-state index contributed by atoms with van der Waals surface area (Å²) in [5, 5.41) is 7.48. The van der Waals surface area contributed by atoms with E-state index in [0.29, 0.717) is 11.6 Å². The predicted molar refractivity (Wildman–Crippen MR) is 113 cm³/mol. The zero-order valence-corrected chi connectivity index (χ0v) is 17.9. The van der Waals surface area contributed by atoms with Crippen LogP contribution in [-0.4, -0.2) is 29.4 Å². The molecule has 1 aliphatic rings. The topological polar surface area (TPSA) is 81.2 Å². The highest BCUT2D eigenvalue weighted by atomic mass is 32.2. The van der Waals surface area contributed by atoms with Crippen LogP contribution in [0.3, 0.4) is 0 Å². The molecule has 28 heavy (non-hydrogen) atoms. The van der Waals surface area contributed by atoms with Crippen molar-refractivity contribution in [3.8, 4) is 0 Å². The second-order valence-corrected chi connectivity index (χ2v) is 9.99. The number of aromatic nitrogens is 2. The van der Waals surface area contributed by atoms with Crippen molar-refractivity contribution in [3.63, 3.8) is 0 Å². The first-order valence-electron chi connectivity index (χ1n) is 9.70. The van der Waals surface area contributed by atoms with E-state index in [-0.39, 0.29) is 4.90 Å². The average molecular weight is 419 g/mol. The van der Waals surface area contributed by atoms with E-state index in [1.807, 2.05) is 17.4 Å². The fraction of sp³-hybridized carbons (Fsp3) is 0.450. The predicted octanol–water partition coefficient (Wildman–Crippen LogP) is 3.66. The number of hydrogen-bond donors (Lipinski definition) is 1. The van der Waals surface area contributed by atoms with Crippen molar-refractivity contribution in [2.75, 3.05) is 6.54 Å². The van der Waals surface area contributed by atoms with Crippen LogP contribution in [0.25, 0.3) is 11.0 Å². The zero-order valence-electron chi connectivity index (χ0n) is 16.3. The van der Waals surface area contributed by atoms with Gasteiger partial charge in [-0.3, -0.25) is 4.90 Å². The molecule has 0 amide bonds. The molecule has 150 valence electrons. The van der Waals surface area contributed by atoms with Gasteiger partial charge in [0.25, 0.3) is 0 Å². The number of primary sulfonamides is 1. The second-order valence-electron chi connectivity index (χ2n) is 7.42. The molecule has 3 aromatic rings. The van der Waals surface area contributed by atoms with Crippen LogP contribution in [0.15, 0.2) is 34.5 Å². The minimum absolute atomic E-state index is 0.112. The molecule has 0 unspecified atom stereocenters. The van der Waals surface area contributed by atoms with Crippen molar-refractivity contribution in [2.24, 2.45) is 5.14 Å². The number of rotatable bonds is 6. The van der Waals surface area contributed by atoms with Gasteiger partial charge in [-0.15, -0.1) is 11.3 Å². The minimum atomic E-state index is -3.74. The first-order chi connectivity index (χ1) is 13.4. The SMILES string of the molecule is CCCCn1c(CN2CCc3sccc3[C@H]2C)nc2cc(S(N)(=O)=O)ccc21. The Kier molecular flexibility index (Phi) is 5.30. The summed E-state index contributed by atoms with van der Waals surface area (Å²) in [7, 11) is -3.74. The number of sulfonamides is 1. The Bertz CT molecular complexity index is 1100. The summed E-state index contributed by atoms with van der Waals surface area (Å²) in [6.07, 6.45) is 3.22. The Morgan fingerprint density at radius 3 is 2.89 bits per heavy atom. The Hall–Kier alpha value is -1.74. The van der Waals surface area contributed by atoms with E-state index in [0.717, 1.165) is 50.2 Å². The van der Waals surface area contributed by atoms with Crippen LogP contribution in [-0.2, 0) is 29.5 Å². The van der Waals surface area contributed by atoms with Crippen LogP contribution < -0.4 is 5.14 Å². The standard InChI is InChI=1S/C20H26N4O2S2/c1-3-4-9-24-18-6-5-15(28(21,25)26)12-17(18)22-20(24)13-23-10-7-19-16(14(23)2)8-11-27-19/h5-6,8,11-12,14H,3-4,7,9-10,13H2,1-2H3,(H2,21,25,26)/t14-/m1/s1. The van der Waals surface area contributed by atoms with Crippen molar-refractivity contribution in [3.05, 3.63) is 45.9 Å². The van der Waals surface area contributed by atoms with Gasteiger partial charge >= 0.3 is 0 Å². The van der Waals surface area contributed by atoms with Gasteiger partial charge in [-0.05, 0) is 55.0 Å². The molecule has 0 spiro atoms. The molecule has 0 bridgehead atoms. The number of fused-ring (bicyclic) bond motifs is 2. The van der Waals surface area contributed by atoms with Crippen molar-refractivity contribution in [1.82, 2.24) is 14.5 Å². The first kappa shape index (κ1) is 19.6. The van der Waals surface area contributed by atoms with Gasteiger partial charge in [0.15, 0.2) is 0 Å². The van der Waals surface area contributed by atoms with E-state index in [1.54, 1.807) is 12.1 Å². The number of benzene rings is 1. The van der Waals surface area contributed by atoms with Gasteiger partial charge in [0.2, 0.25) is 10.0 Å². The summed E-state index contributed by atoms with van der Waals surface area (Å²) >= 11 is 1.84. The van der Waals surface area contributed by atoms with E-state index in [4.69, 9.17) is 10.1 Å². The summed E-state index contributed by atoms with van der Waals surface area (Å²) in [5.41, 5.74) is 3.08. The van der Waals surface area contributed by atoms with Crippen molar-refractivity contribution in [2.45, 2.75) is 57.1 Å². The lowest BCUT2D eigenvalue weighted by atomic mass is 10.0. The Labute approximate surface area is 170 Å². The van der Waals surface area contributed by atoms with Gasteiger partial charge in [-0.25, -0.2) is 18.5 Å². The lowest BCUT2D eigenvalue weighted by Crippen LogP contribution is -2.33. The van der Waals surface area contributed by atoms with E-state index >= 15 is 0 Å². The van der Waals surface area contributed by atoms with Gasteiger partial charge in [-0.1, -0.05) is 13.3 Å². The molecule has 0 radical (unpaired) electrons. The normalized spacial score (nSPS) is 17.9. The lowest BCUT2D eigenvalue weighted by molar-refractivity contribution is 0.184. The lowest BCUT2D eigenvalue weighted by Gasteiger charge is -2.33. The first-order valence-corrected chi connectivity index (χ1v) is 12.1. The second kappa shape index (κ2) is 7.59. The van der Waals surface area contributed by atoms with Crippen LogP contribution in [0.1, 0.15) is 49.0 Å². The van der Waals surface area contributed by atoms with E-state index in [2.05, 4.69) is 34.8 Å². The van der Waals surface area contributed by atoms with Crippen LogP contribution >= 0.6 is 11.3 Å². The smallest absolute Gasteiger partial charge is 0.238 e. The van der Waals surface area contributed by atoms with Gasteiger partial charge < -0.3 is 4.57 Å². The molecule has 0 fully saturated rings. The quantitative estimate of drug-likeness (QED) is 0.662. The summed E-state index contributed by atoms with van der Waals surface area (Å²) in [6.45, 7) is 7.06. The molecule has 1 atom stereocenters. The van der Waals surface area contributed by atoms with Crippen molar-refractivity contribution >= 4 is 32.4 Å². The summed E-state index contributed by atoms with van der Waals surface area (Å²) < 4.78 is 25.7. The molecule has 0 saturated heterocycles. The molecule has 1 aromatic carbocycles. The van der Waals surface area contributed by atoms with Gasteiger partial charge in [0.05, 0.1) is 22.5 Å². The molecule has 3 heterocycles. The summed E-state index contributed by atoms with van der Waals surface area (Å²) in [5.74, 6) is 0.987. The Balaban J connectivity index is 1.71. The maximum atomic E-state index is 11.7. The van der Waals surface area contributed by atoms with Gasteiger partial charge in [0.1, 0.15) is 5.82 Å². The Morgan fingerprint density at radius 2 is 2.14 bits per heavy atom. The number of hydrogen-bond acceptors (Lipinski definition) is 5. The van der Waals surface area contributed by atoms with Crippen LogP contribution in [0.2, 0.25) is 0 Å². The van der Waals surface area contributed by atoms with E-state index in [9.17, 15) is 8.42 Å². The number of nitrogens with two attached hydrogens (primary N) is 1. The number of thiophene rings is 1. The third-order valence-corrected chi connectivity index (χ3v) is 7.52. The molecule has 4 rings (SSSR count). The largest absolute Gasteiger partial charge is 0.327 e. The van der Waals surface area contributed by atoms with Crippen molar-refractivity contribution in [1.29, 1.82) is 0 Å². The van der Waals surface area contributed by atoms with Gasteiger partial charge in [0, 0.05) is 24.0 Å². The Morgan fingerprint density at radius 1 is 1.32 bits per heavy atom. The minimum Gasteiger partial charge on any atom is -0.327 e. The highest BCUT2D eigenvalue weighted by Gasteiger charge is 2.26. The molecule has 0 aliphatic carbocycles. The van der Waals surface area contributed by atoms with E-state index in [1.165, 1.54) is 10.4 Å². The number of nitrogens with zero attached hydrogens (tertiary/aromatic N) is 3. The van der Waals surface area contributed by atoms with Gasteiger partial charge in [-0.2, -0.15) is 0 Å². The van der Waals surface area contributed by atoms with Crippen LogP contribution in [0.5, 0.6) is 0 Å². The maximum Gasteiger partial charge on any atom is 0.238 e. The molecular formula is C20H26N4O2S2. The zero-order chi connectivity index (χ0) is 19.9. The molecule has 8 heteroatoms. The highest BCUT2D eigenvalue weighted by molar-refractivity contribution is 7.89. The van der Waals surface area contributed by atoms with Crippen molar-refractivity contribution < 1.29 is 8.42 Å². The maximum absolute atomic E-state index is 11.7. The van der Waals surface area contributed by atoms with E-state index < -0.39 is 10.0 Å². The summed E-state index contributed by atoms with van der Waals surface area (Å²) in [6, 6.07) is 7.59. The monoisotopic (exact) mass is 418 g/mol. The third-order valence-electron chi connectivity index (χ3n) is 5.61. The number of unbranched alkanes of at least 4 members (excludes halogenated alkanes) is 1. The molecule has 2 aromatic heterocycles. The average Bonchev–Trinajstić information content (AvgIpc) is 3.26. The molecular weight excluding hydrogens is 392 g/mol. The van der Waals surface area contributed by atoms with Crippen LogP contribution in [0, 0.1) is 0 Å². The molecule has 2 N–H and O–H groups in total. The number of aryl methyl sites for hydroxylation is 1. The summed E-state index contributed by atoms with van der Waals surface area (Å²) in [4.78, 5) is 8.87. The van der Waals surface area contributed by atoms with Crippen LogP contribution in [0.4, 0.5) is 0 Å². The third kappa shape index (κ3) is 3.61. The molecule has 0 saturated carbocycles. The highest BCUT2D eigenvalue weighted by Crippen LogP contribution is 2.34. The molecule has 1 aliphatic heterocycles. The molecule has 6 nitrogen and oxygen atoms in total.